The van der Waals surface area contributed by atoms with Crippen LogP contribution in [0.5, 0.6) is 0 Å². The fourth-order valence-corrected chi connectivity index (χ4v) is 2.78. The predicted octanol–water partition coefficient (Wildman–Crippen LogP) is 0.978. The van der Waals surface area contributed by atoms with Crippen molar-refractivity contribution in [1.82, 2.24) is 0 Å². The number of hydrogen-bond acceptors (Lipinski definition) is 3. The summed E-state index contributed by atoms with van der Waals surface area (Å²) in [5.41, 5.74) is 0. The van der Waals surface area contributed by atoms with Crippen LogP contribution >= 0.6 is 0 Å². The standard InChI is InChI=1S/C11H16O3/c1-6-7-3-4-8(11(13)14-2)9(7)5-10(6)12/h3-4,6-10,12H,5H2,1-2H3. The maximum atomic E-state index is 11.4. The molecular weight excluding hydrogens is 180 g/mol. The lowest BCUT2D eigenvalue weighted by Crippen LogP contribution is -2.22. The number of allylic oxidation sites excluding steroid dienone is 1. The van der Waals surface area contributed by atoms with Gasteiger partial charge in [-0.15, -0.1) is 0 Å². The van der Waals surface area contributed by atoms with Crippen molar-refractivity contribution >= 4 is 5.97 Å². The fraction of sp³-hybridized carbons (Fsp3) is 0.727. The Morgan fingerprint density at radius 1 is 1.50 bits per heavy atom. The van der Waals surface area contributed by atoms with E-state index in [1.165, 1.54) is 7.11 Å². The van der Waals surface area contributed by atoms with Gasteiger partial charge in [-0.05, 0) is 24.2 Å². The number of aliphatic hydroxyl groups is 1. The first-order valence-corrected chi connectivity index (χ1v) is 5.09. The molecule has 1 N–H and O–H groups in total. The van der Waals surface area contributed by atoms with Gasteiger partial charge in [-0.1, -0.05) is 19.1 Å². The number of esters is 1. The quantitative estimate of drug-likeness (QED) is 0.502. The van der Waals surface area contributed by atoms with Crippen molar-refractivity contribution in [2.75, 3.05) is 7.11 Å². The molecule has 0 heterocycles. The molecule has 0 aliphatic heterocycles. The lowest BCUT2D eigenvalue weighted by Gasteiger charge is -2.16. The van der Waals surface area contributed by atoms with Crippen LogP contribution < -0.4 is 0 Å². The number of ether oxygens (including phenoxy) is 1. The Morgan fingerprint density at radius 3 is 2.86 bits per heavy atom. The Hall–Kier alpha value is -0.830. The maximum Gasteiger partial charge on any atom is 0.312 e. The van der Waals surface area contributed by atoms with E-state index < -0.39 is 0 Å². The van der Waals surface area contributed by atoms with Crippen molar-refractivity contribution in [3.8, 4) is 0 Å². The molecule has 1 fully saturated rings. The second-order valence-electron chi connectivity index (χ2n) is 4.34. The van der Waals surface area contributed by atoms with E-state index in [4.69, 9.17) is 4.74 Å². The molecule has 3 heteroatoms. The van der Waals surface area contributed by atoms with Gasteiger partial charge in [0.2, 0.25) is 0 Å². The molecular formula is C11H16O3. The molecule has 0 aromatic carbocycles. The molecule has 2 aliphatic rings. The van der Waals surface area contributed by atoms with Crippen LogP contribution in [-0.4, -0.2) is 24.3 Å². The molecule has 0 radical (unpaired) electrons. The second kappa shape index (κ2) is 3.39. The summed E-state index contributed by atoms with van der Waals surface area (Å²) in [7, 11) is 1.41. The van der Waals surface area contributed by atoms with E-state index in [1.807, 2.05) is 13.0 Å². The van der Waals surface area contributed by atoms with Crippen LogP contribution in [-0.2, 0) is 9.53 Å². The summed E-state index contributed by atoms with van der Waals surface area (Å²) in [6.07, 6.45) is 4.46. The van der Waals surface area contributed by atoms with Gasteiger partial charge in [0.15, 0.2) is 0 Å². The lowest BCUT2D eigenvalue weighted by atomic mass is 9.88. The summed E-state index contributed by atoms with van der Waals surface area (Å²) < 4.78 is 4.74. The third kappa shape index (κ3) is 1.27. The summed E-state index contributed by atoms with van der Waals surface area (Å²) in [5, 5.41) is 9.69. The second-order valence-corrected chi connectivity index (χ2v) is 4.34. The SMILES string of the molecule is COC(=O)C1C=CC2C(C)C(O)CC12. The molecule has 1 saturated carbocycles. The van der Waals surface area contributed by atoms with Gasteiger partial charge in [-0.3, -0.25) is 4.79 Å². The van der Waals surface area contributed by atoms with Crippen LogP contribution in [0.3, 0.4) is 0 Å². The zero-order valence-corrected chi connectivity index (χ0v) is 8.51. The Morgan fingerprint density at radius 2 is 2.21 bits per heavy atom. The minimum absolute atomic E-state index is 0.135. The van der Waals surface area contributed by atoms with Crippen LogP contribution in [0.4, 0.5) is 0 Å². The van der Waals surface area contributed by atoms with E-state index in [0.717, 1.165) is 6.42 Å². The number of aliphatic hydroxyl groups excluding tert-OH is 1. The zero-order chi connectivity index (χ0) is 10.3. The van der Waals surface area contributed by atoms with Gasteiger partial charge in [-0.25, -0.2) is 0 Å². The molecule has 0 spiro atoms. The van der Waals surface area contributed by atoms with E-state index in [2.05, 4.69) is 6.08 Å². The summed E-state index contributed by atoms with van der Waals surface area (Å²) in [5.74, 6) is 0.576. The Kier molecular flexibility index (Phi) is 2.35. The first kappa shape index (κ1) is 9.71. The number of hydrogen-bond donors (Lipinski definition) is 1. The Labute approximate surface area is 83.8 Å². The highest BCUT2D eigenvalue weighted by Gasteiger charge is 2.47. The van der Waals surface area contributed by atoms with Gasteiger partial charge < -0.3 is 9.84 Å². The lowest BCUT2D eigenvalue weighted by molar-refractivity contribution is -0.145. The van der Waals surface area contributed by atoms with E-state index in [9.17, 15) is 9.90 Å². The van der Waals surface area contributed by atoms with Crippen molar-refractivity contribution in [2.45, 2.75) is 19.4 Å². The van der Waals surface area contributed by atoms with Gasteiger partial charge in [0.05, 0.1) is 19.1 Å². The molecule has 0 saturated heterocycles. The summed E-state index contributed by atoms with van der Waals surface area (Å²) in [6, 6.07) is 0. The molecule has 0 aromatic heterocycles. The molecule has 0 bridgehead atoms. The van der Waals surface area contributed by atoms with Crippen LogP contribution in [0.2, 0.25) is 0 Å². The Bertz CT molecular complexity index is 272. The van der Waals surface area contributed by atoms with Gasteiger partial charge in [0.25, 0.3) is 0 Å². The van der Waals surface area contributed by atoms with Crippen molar-refractivity contribution in [1.29, 1.82) is 0 Å². The van der Waals surface area contributed by atoms with E-state index in [1.54, 1.807) is 0 Å². The molecule has 0 amide bonds. The van der Waals surface area contributed by atoms with Crippen molar-refractivity contribution in [2.24, 2.45) is 23.7 Å². The zero-order valence-electron chi connectivity index (χ0n) is 8.51. The van der Waals surface area contributed by atoms with Crippen molar-refractivity contribution in [3.63, 3.8) is 0 Å². The van der Waals surface area contributed by atoms with Gasteiger partial charge >= 0.3 is 5.97 Å². The smallest absolute Gasteiger partial charge is 0.312 e. The summed E-state index contributed by atoms with van der Waals surface area (Å²) in [6.45, 7) is 2.04. The maximum absolute atomic E-state index is 11.4. The topological polar surface area (TPSA) is 46.5 Å². The number of rotatable bonds is 1. The predicted molar refractivity (Wildman–Crippen MR) is 51.4 cm³/mol. The molecule has 5 unspecified atom stereocenters. The largest absolute Gasteiger partial charge is 0.469 e. The third-order valence-electron chi connectivity index (χ3n) is 3.70. The number of fused-ring (bicyclic) bond motifs is 1. The average Bonchev–Trinajstić information content (AvgIpc) is 2.69. The van der Waals surface area contributed by atoms with E-state index >= 15 is 0 Å². The minimum Gasteiger partial charge on any atom is -0.469 e. The monoisotopic (exact) mass is 196 g/mol. The molecule has 2 aliphatic carbocycles. The van der Waals surface area contributed by atoms with Crippen molar-refractivity contribution in [3.05, 3.63) is 12.2 Å². The minimum atomic E-state index is -0.262. The first-order chi connectivity index (χ1) is 6.65. The molecule has 3 nitrogen and oxygen atoms in total. The summed E-state index contributed by atoms with van der Waals surface area (Å²) in [4.78, 5) is 11.4. The first-order valence-electron chi connectivity index (χ1n) is 5.09. The highest BCUT2D eigenvalue weighted by atomic mass is 16.5. The number of carbonyl (C=O) groups excluding carboxylic acids is 1. The van der Waals surface area contributed by atoms with Crippen LogP contribution in [0.15, 0.2) is 12.2 Å². The highest BCUT2D eigenvalue weighted by molar-refractivity contribution is 5.75. The Balaban J connectivity index is 2.14. The average molecular weight is 196 g/mol. The van der Waals surface area contributed by atoms with Crippen LogP contribution in [0, 0.1) is 23.7 Å². The van der Waals surface area contributed by atoms with Crippen LogP contribution in [0.25, 0.3) is 0 Å². The molecule has 5 atom stereocenters. The summed E-state index contributed by atoms with van der Waals surface area (Å²) >= 11 is 0. The molecule has 14 heavy (non-hydrogen) atoms. The molecule has 78 valence electrons. The van der Waals surface area contributed by atoms with E-state index in [0.29, 0.717) is 5.92 Å². The third-order valence-corrected chi connectivity index (χ3v) is 3.70. The van der Waals surface area contributed by atoms with Gasteiger partial charge in [0.1, 0.15) is 0 Å². The van der Waals surface area contributed by atoms with Crippen LogP contribution in [0.1, 0.15) is 13.3 Å². The molecule has 2 rings (SSSR count). The highest BCUT2D eigenvalue weighted by Crippen LogP contribution is 2.46. The van der Waals surface area contributed by atoms with E-state index in [-0.39, 0.29) is 29.8 Å². The molecule has 0 aromatic rings. The normalized spacial score (nSPS) is 45.2. The van der Waals surface area contributed by atoms with Gasteiger partial charge in [-0.2, -0.15) is 0 Å². The number of methoxy groups -OCH3 is 1. The van der Waals surface area contributed by atoms with Crippen molar-refractivity contribution < 1.29 is 14.6 Å². The van der Waals surface area contributed by atoms with Gasteiger partial charge in [0, 0.05) is 0 Å². The number of carbonyl (C=O) groups is 1. The fourth-order valence-electron chi connectivity index (χ4n) is 2.78.